The predicted octanol–water partition coefficient (Wildman–Crippen LogP) is -12.9. The molecule has 0 rings (SSSR count). The molecule has 18 heavy (non-hydrogen) atoms. The van der Waals surface area contributed by atoms with E-state index in [4.69, 9.17) is 42.2 Å². The molecule has 11 nitrogen and oxygen atoms in total. The van der Waals surface area contributed by atoms with Crippen molar-refractivity contribution in [2.45, 2.75) is 0 Å². The van der Waals surface area contributed by atoms with Crippen LogP contribution in [0.25, 0.3) is 0 Å². The van der Waals surface area contributed by atoms with Crippen LogP contribution in [0.3, 0.4) is 0 Å². The first-order valence-corrected chi connectivity index (χ1v) is 5.51. The molecule has 0 fully saturated rings. The maximum atomic E-state index is 8.52. The van der Waals surface area contributed by atoms with E-state index in [1.807, 2.05) is 0 Å². The van der Waals surface area contributed by atoms with Crippen LogP contribution in [0.2, 0.25) is 0 Å². The minimum Gasteiger partial charge on any atom is -0.672 e. The first-order chi connectivity index (χ1) is 5.20. The van der Waals surface area contributed by atoms with Gasteiger partial charge >= 0.3 is 80.8 Å². The smallest absolute Gasteiger partial charge is 0.672 e. The molecule has 4 N–H and O–H groups in total. The van der Waals surface area contributed by atoms with Crippen molar-refractivity contribution < 1.29 is 53.1 Å². The fourth-order valence-electron chi connectivity index (χ4n) is 0. The van der Waals surface area contributed by atoms with Gasteiger partial charge in [-0.25, -0.2) is 0 Å². The van der Waals surface area contributed by atoms with Gasteiger partial charge in [0.2, 0.25) is 0 Å². The van der Waals surface area contributed by atoms with Gasteiger partial charge in [-0.2, -0.15) is 0 Å². The molecule has 0 aromatic carbocycles. The quantitative estimate of drug-likeness (QED) is 0.366. The fraction of sp³-hybridized carbons (Fsp3) is 0. The van der Waals surface area contributed by atoms with E-state index in [9.17, 15) is 0 Å². The Labute approximate surface area is 160 Å². The fourth-order valence-corrected chi connectivity index (χ4v) is 0. The third-order valence-electron chi connectivity index (χ3n) is 0. The van der Waals surface area contributed by atoms with Crippen LogP contribution < -0.4 is 28.8 Å². The molecule has 0 amide bonds. The minimum atomic E-state index is -3.63. The summed E-state index contributed by atoms with van der Waals surface area (Å²) in [6.45, 7) is 0. The SMILES string of the molecule is O.O.O=[Si]([O-])[O-].O=[Si]([O-])[O-].O=[Si]([O-])[O-].[Al+3].[Al+3].[MgH2].[MgH2]. The first-order valence-electron chi connectivity index (χ1n) is 1.84. The summed E-state index contributed by atoms with van der Waals surface area (Å²) in [6, 6.07) is 0. The Morgan fingerprint density at radius 2 is 0.500 bits per heavy atom. The van der Waals surface area contributed by atoms with Crippen LogP contribution in [0.1, 0.15) is 0 Å². The molecule has 0 saturated carbocycles. The molecule has 0 saturated heterocycles. The number of hydrogen-bond acceptors (Lipinski definition) is 9. The Kier molecular flexibility index (Phi) is 174. The van der Waals surface area contributed by atoms with E-state index in [2.05, 4.69) is 0 Å². The Bertz CT molecular complexity index is 126. The average Bonchev–Trinajstić information content (AvgIpc) is 1.54. The summed E-state index contributed by atoms with van der Waals surface area (Å²) in [5.41, 5.74) is 0. The van der Waals surface area contributed by atoms with Gasteiger partial charge in [0, 0.05) is 27.5 Å². The largest absolute Gasteiger partial charge is 3.00 e. The summed E-state index contributed by atoms with van der Waals surface area (Å²) in [5, 5.41) is 0. The monoisotopic (exact) mass is 370 g/mol. The zero-order valence-electron chi connectivity index (χ0n) is 7.33. The van der Waals surface area contributed by atoms with E-state index in [0.29, 0.717) is 0 Å². The summed E-state index contributed by atoms with van der Waals surface area (Å²) >= 11 is 0. The van der Waals surface area contributed by atoms with Crippen LogP contribution in [0.5, 0.6) is 0 Å². The molecular weight excluding hydrogens is 363 g/mol. The predicted molar refractivity (Wildman–Crippen MR) is 55.1 cm³/mol. The van der Waals surface area contributed by atoms with Crippen molar-refractivity contribution in [2.75, 3.05) is 0 Å². The molecule has 0 atom stereocenters. The normalized spacial score (nSPS) is 4.00. The summed E-state index contributed by atoms with van der Waals surface area (Å²) in [6.07, 6.45) is 0. The molecule has 18 heteroatoms. The third kappa shape index (κ3) is 2490. The van der Waals surface area contributed by atoms with Gasteiger partial charge in [-0.15, -0.1) is 0 Å². The van der Waals surface area contributed by atoms with Gasteiger partial charge < -0.3 is 53.1 Å². The molecule has 0 aromatic heterocycles. The molecule has 0 aromatic rings. The van der Waals surface area contributed by atoms with Crippen LogP contribution >= 0.6 is 0 Å². The summed E-state index contributed by atoms with van der Waals surface area (Å²) in [5.74, 6) is 0. The molecule has 0 heterocycles. The van der Waals surface area contributed by atoms with Gasteiger partial charge in [0.05, 0.1) is 0 Å². The van der Waals surface area contributed by atoms with Crippen LogP contribution in [0, 0.1) is 0 Å². The Hall–Kier alpha value is 1.37. The third-order valence-corrected chi connectivity index (χ3v) is 0. The van der Waals surface area contributed by atoms with Crippen molar-refractivity contribution in [1.82, 2.24) is 0 Å². The second kappa shape index (κ2) is 51.5. The molecule has 0 aliphatic heterocycles. The molecule has 0 aliphatic rings. The molecule has 0 aliphatic carbocycles. The van der Waals surface area contributed by atoms with Gasteiger partial charge in [-0.05, 0) is 0 Å². The topological polar surface area (TPSA) is 253 Å². The van der Waals surface area contributed by atoms with E-state index in [-0.39, 0.29) is 91.8 Å². The van der Waals surface area contributed by atoms with Gasteiger partial charge in [-0.1, -0.05) is 0 Å². The average molecular weight is 371 g/mol. The van der Waals surface area contributed by atoms with Crippen LogP contribution in [0.4, 0.5) is 0 Å². The van der Waals surface area contributed by atoms with Gasteiger partial charge in [0.15, 0.2) is 0 Å². The minimum absolute atomic E-state index is 0. The molecule has 0 unspecified atom stereocenters. The Morgan fingerprint density at radius 3 is 0.500 bits per heavy atom. The van der Waals surface area contributed by atoms with Crippen molar-refractivity contribution in [3.63, 3.8) is 0 Å². The summed E-state index contributed by atoms with van der Waals surface area (Å²) < 4.78 is 25.6. The van der Waals surface area contributed by atoms with Gasteiger partial charge in [0.25, 0.3) is 0 Å². The van der Waals surface area contributed by atoms with Crippen molar-refractivity contribution in [3.8, 4) is 0 Å². The maximum absolute atomic E-state index is 8.52. The first kappa shape index (κ1) is 60.8. The van der Waals surface area contributed by atoms with Crippen LogP contribution in [-0.2, 0) is 13.4 Å². The van der Waals surface area contributed by atoms with Crippen LogP contribution in [0.15, 0.2) is 0 Å². The molecular formula is H8Al2Mg2O11Si3. The van der Waals surface area contributed by atoms with E-state index < -0.39 is 27.5 Å². The van der Waals surface area contributed by atoms with Gasteiger partial charge in [0.1, 0.15) is 0 Å². The number of rotatable bonds is 0. The van der Waals surface area contributed by atoms with Crippen molar-refractivity contribution in [3.05, 3.63) is 0 Å². The standard InChI is InChI=1S/2Al.2Mg.3O3Si.2H2O.4H/c;;;;3*1-4(2)3;;;;;;/h;;;;;;;2*1H2;;;;/q2*+3;;;3*-2;;;;;;. The number of hydrogen-bond donors (Lipinski definition) is 0. The van der Waals surface area contributed by atoms with Crippen LogP contribution in [-0.4, -0.2) is 119 Å². The van der Waals surface area contributed by atoms with E-state index in [1.54, 1.807) is 0 Å². The van der Waals surface area contributed by atoms with E-state index in [1.165, 1.54) is 0 Å². The zero-order valence-corrected chi connectivity index (χ0v) is 12.6. The van der Waals surface area contributed by atoms with Crippen molar-refractivity contribution in [1.29, 1.82) is 0 Å². The second-order valence-corrected chi connectivity index (χ2v) is 2.25. The summed E-state index contributed by atoms with van der Waals surface area (Å²) in [7, 11) is -10.9. The van der Waals surface area contributed by atoms with Crippen molar-refractivity contribution in [2.24, 2.45) is 0 Å². The summed E-state index contributed by atoms with van der Waals surface area (Å²) in [4.78, 5) is 51.1. The Balaban J connectivity index is -0.00000000827. The maximum Gasteiger partial charge on any atom is 3.00 e. The molecule has 96 valence electrons. The zero-order chi connectivity index (χ0) is 10.7. The second-order valence-electron chi connectivity index (χ2n) is 0.750. The van der Waals surface area contributed by atoms with Gasteiger partial charge in [-0.3, -0.25) is 0 Å². The molecule has 0 spiro atoms. The Morgan fingerprint density at radius 1 is 0.500 bits per heavy atom. The molecule has 0 radical (unpaired) electrons. The van der Waals surface area contributed by atoms with E-state index in [0.717, 1.165) is 0 Å². The van der Waals surface area contributed by atoms with Crippen molar-refractivity contribution >= 4 is 108 Å². The van der Waals surface area contributed by atoms with E-state index >= 15 is 0 Å². The molecule has 0 bridgehead atoms.